The van der Waals surface area contributed by atoms with E-state index in [4.69, 9.17) is 5.73 Å². The van der Waals surface area contributed by atoms with Gasteiger partial charge in [-0.2, -0.15) is 0 Å². The number of hydrogen-bond donors (Lipinski definition) is 1. The van der Waals surface area contributed by atoms with Crippen LogP contribution in [0.1, 0.15) is 20.3 Å². The van der Waals surface area contributed by atoms with Gasteiger partial charge in [0, 0.05) is 0 Å². The van der Waals surface area contributed by atoms with E-state index in [1.54, 1.807) is 0 Å². The summed E-state index contributed by atoms with van der Waals surface area (Å²) in [6.07, 6.45) is -1.53. The highest BCUT2D eigenvalue weighted by molar-refractivity contribution is 5.01. The van der Waals surface area contributed by atoms with E-state index in [2.05, 4.69) is 0 Å². The van der Waals surface area contributed by atoms with Gasteiger partial charge in [0.25, 0.3) is 6.43 Å². The fraction of sp³-hybridized carbons (Fsp3) is 1.00. The molecule has 0 bridgehead atoms. The van der Waals surface area contributed by atoms with Crippen molar-refractivity contribution in [3.05, 3.63) is 0 Å². The standard InChI is InChI=1S/C7H13F2N/c1-4-3-5(4)7(2,10)6(8)9/h4-6H,3,10H2,1-2H3. The van der Waals surface area contributed by atoms with Crippen molar-refractivity contribution in [1.29, 1.82) is 0 Å². The minimum Gasteiger partial charge on any atom is -0.320 e. The van der Waals surface area contributed by atoms with Gasteiger partial charge in [-0.3, -0.25) is 0 Å². The lowest BCUT2D eigenvalue weighted by Gasteiger charge is -2.23. The first-order valence-corrected chi connectivity index (χ1v) is 3.53. The maximum absolute atomic E-state index is 12.2. The second-order valence-corrected chi connectivity index (χ2v) is 3.49. The van der Waals surface area contributed by atoms with Gasteiger partial charge in [-0.15, -0.1) is 0 Å². The van der Waals surface area contributed by atoms with E-state index >= 15 is 0 Å². The highest BCUT2D eigenvalue weighted by Gasteiger charge is 2.50. The monoisotopic (exact) mass is 149 g/mol. The molecule has 0 saturated heterocycles. The minimum absolute atomic E-state index is 0.0347. The zero-order valence-electron chi connectivity index (χ0n) is 6.27. The summed E-state index contributed by atoms with van der Waals surface area (Å²) in [5.41, 5.74) is 4.15. The van der Waals surface area contributed by atoms with Gasteiger partial charge >= 0.3 is 0 Å². The fourth-order valence-electron chi connectivity index (χ4n) is 1.35. The van der Waals surface area contributed by atoms with Gasteiger partial charge in [-0.25, -0.2) is 8.78 Å². The van der Waals surface area contributed by atoms with E-state index in [1.165, 1.54) is 6.92 Å². The molecule has 0 aromatic carbocycles. The summed E-state index contributed by atoms with van der Waals surface area (Å²) in [6.45, 7) is 3.39. The molecule has 1 saturated carbocycles. The van der Waals surface area contributed by atoms with Gasteiger partial charge in [0.05, 0.1) is 5.54 Å². The van der Waals surface area contributed by atoms with Crippen molar-refractivity contribution in [2.75, 3.05) is 0 Å². The van der Waals surface area contributed by atoms with E-state index in [9.17, 15) is 8.78 Å². The van der Waals surface area contributed by atoms with Crippen molar-refractivity contribution < 1.29 is 8.78 Å². The Balaban J connectivity index is 2.52. The Labute approximate surface area is 59.6 Å². The molecule has 3 heteroatoms. The second kappa shape index (κ2) is 2.16. The highest BCUT2D eigenvalue weighted by Crippen LogP contribution is 2.46. The van der Waals surface area contributed by atoms with Crippen LogP contribution in [0, 0.1) is 11.8 Å². The molecule has 3 atom stereocenters. The molecule has 10 heavy (non-hydrogen) atoms. The summed E-state index contributed by atoms with van der Waals surface area (Å²) in [5.74, 6) is 0.427. The largest absolute Gasteiger partial charge is 0.320 e. The molecule has 0 aromatic rings. The summed E-state index contributed by atoms with van der Waals surface area (Å²) in [6, 6.07) is 0. The van der Waals surface area contributed by atoms with Gasteiger partial charge in [-0.05, 0) is 25.2 Å². The van der Waals surface area contributed by atoms with E-state index in [0.717, 1.165) is 6.42 Å². The predicted molar refractivity (Wildman–Crippen MR) is 35.9 cm³/mol. The normalized spacial score (nSPS) is 37.8. The van der Waals surface area contributed by atoms with Crippen LogP contribution in [-0.2, 0) is 0 Å². The van der Waals surface area contributed by atoms with Gasteiger partial charge in [0.15, 0.2) is 0 Å². The van der Waals surface area contributed by atoms with Crippen molar-refractivity contribution in [2.24, 2.45) is 17.6 Å². The number of nitrogens with two attached hydrogens (primary N) is 1. The molecule has 0 spiro atoms. The van der Waals surface area contributed by atoms with Crippen LogP contribution in [0.3, 0.4) is 0 Å². The van der Waals surface area contributed by atoms with Gasteiger partial charge < -0.3 is 5.73 Å². The average molecular weight is 149 g/mol. The number of rotatable bonds is 2. The lowest BCUT2D eigenvalue weighted by Crippen LogP contribution is -2.46. The van der Waals surface area contributed by atoms with Crippen LogP contribution in [0.25, 0.3) is 0 Å². The van der Waals surface area contributed by atoms with Crippen molar-refractivity contribution >= 4 is 0 Å². The number of hydrogen-bond acceptors (Lipinski definition) is 1. The van der Waals surface area contributed by atoms with E-state index in [0.29, 0.717) is 5.92 Å². The molecule has 0 heterocycles. The van der Waals surface area contributed by atoms with Gasteiger partial charge in [0.1, 0.15) is 0 Å². The quantitative estimate of drug-likeness (QED) is 0.634. The van der Waals surface area contributed by atoms with Crippen molar-refractivity contribution in [2.45, 2.75) is 32.2 Å². The molecule has 1 rings (SSSR count). The lowest BCUT2D eigenvalue weighted by atomic mass is 9.97. The Morgan fingerprint density at radius 2 is 2.00 bits per heavy atom. The zero-order chi connectivity index (χ0) is 7.94. The van der Waals surface area contributed by atoms with Crippen LogP contribution in [0.2, 0.25) is 0 Å². The first-order chi connectivity index (χ1) is 4.46. The van der Waals surface area contributed by atoms with Gasteiger partial charge in [-0.1, -0.05) is 6.92 Å². The maximum atomic E-state index is 12.2. The smallest absolute Gasteiger partial charge is 0.256 e. The Bertz CT molecular complexity index is 134. The first kappa shape index (κ1) is 7.92. The summed E-state index contributed by atoms with van der Waals surface area (Å²) < 4.78 is 24.3. The third-order valence-corrected chi connectivity index (χ3v) is 2.38. The Hall–Kier alpha value is -0.180. The summed E-state index contributed by atoms with van der Waals surface area (Å²) in [4.78, 5) is 0. The van der Waals surface area contributed by atoms with Gasteiger partial charge in [0.2, 0.25) is 0 Å². The van der Waals surface area contributed by atoms with Crippen LogP contribution in [0.4, 0.5) is 8.78 Å². The van der Waals surface area contributed by atoms with E-state index < -0.39 is 12.0 Å². The minimum atomic E-state index is -2.39. The molecule has 0 radical (unpaired) electrons. The van der Waals surface area contributed by atoms with E-state index in [1.807, 2.05) is 6.92 Å². The average Bonchev–Trinajstić information content (AvgIpc) is 2.46. The lowest BCUT2D eigenvalue weighted by molar-refractivity contribution is 0.0487. The van der Waals surface area contributed by atoms with Crippen molar-refractivity contribution in [3.63, 3.8) is 0 Å². The van der Waals surface area contributed by atoms with E-state index in [-0.39, 0.29) is 5.92 Å². The molecule has 3 unspecified atom stereocenters. The second-order valence-electron chi connectivity index (χ2n) is 3.49. The van der Waals surface area contributed by atoms with Crippen LogP contribution >= 0.6 is 0 Å². The molecule has 1 nitrogen and oxygen atoms in total. The molecule has 60 valence electrons. The van der Waals surface area contributed by atoms with Crippen LogP contribution in [0.5, 0.6) is 0 Å². The molecule has 1 aliphatic rings. The zero-order valence-corrected chi connectivity index (χ0v) is 6.27. The first-order valence-electron chi connectivity index (χ1n) is 3.53. The van der Waals surface area contributed by atoms with Crippen LogP contribution in [-0.4, -0.2) is 12.0 Å². The summed E-state index contributed by atoms with van der Waals surface area (Å²) >= 11 is 0. The highest BCUT2D eigenvalue weighted by atomic mass is 19.3. The maximum Gasteiger partial charge on any atom is 0.256 e. The third-order valence-electron chi connectivity index (χ3n) is 2.38. The Morgan fingerprint density at radius 1 is 1.60 bits per heavy atom. The molecule has 1 aliphatic carbocycles. The van der Waals surface area contributed by atoms with Crippen molar-refractivity contribution in [3.8, 4) is 0 Å². The third kappa shape index (κ3) is 1.15. The number of halogens is 2. The molecule has 2 N–H and O–H groups in total. The predicted octanol–water partition coefficient (Wildman–Crippen LogP) is 1.62. The molecule has 0 aliphatic heterocycles. The SMILES string of the molecule is CC1CC1C(C)(N)C(F)F. The molecular formula is C7H13F2N. The molecule has 0 amide bonds. The number of alkyl halides is 2. The molecule has 1 fully saturated rings. The Morgan fingerprint density at radius 3 is 2.10 bits per heavy atom. The van der Waals surface area contributed by atoms with Crippen LogP contribution < -0.4 is 5.73 Å². The topological polar surface area (TPSA) is 26.0 Å². The summed E-state index contributed by atoms with van der Waals surface area (Å²) in [7, 11) is 0. The van der Waals surface area contributed by atoms with Crippen molar-refractivity contribution in [1.82, 2.24) is 0 Å². The fourth-order valence-corrected chi connectivity index (χ4v) is 1.35. The van der Waals surface area contributed by atoms with Crippen LogP contribution in [0.15, 0.2) is 0 Å². The molecule has 0 aromatic heterocycles. The molecular weight excluding hydrogens is 136 g/mol. The summed E-state index contributed by atoms with van der Waals surface area (Å²) in [5, 5.41) is 0. The Kier molecular flexibility index (Phi) is 1.71.